The lowest BCUT2D eigenvalue weighted by Gasteiger charge is -2.19. The molecule has 0 bridgehead atoms. The lowest BCUT2D eigenvalue weighted by atomic mass is 10.1. The Morgan fingerprint density at radius 1 is 0.926 bits per heavy atom. The third-order valence-electron chi connectivity index (χ3n) is 4.20. The van der Waals surface area contributed by atoms with Crippen molar-refractivity contribution in [2.75, 3.05) is 25.3 Å². The molecule has 1 amide bonds. The average molecular weight is 365 g/mol. The predicted molar refractivity (Wildman–Crippen MR) is 97.2 cm³/mol. The number of hydrogen-bond donors (Lipinski definition) is 2. The lowest BCUT2D eigenvalue weighted by molar-refractivity contribution is -0.115. The van der Waals surface area contributed by atoms with Crippen LogP contribution in [0.2, 0.25) is 0 Å². The maximum atomic E-state index is 12.2. The number of carbonyl (C=O) groups is 1. The smallest absolute Gasteiger partial charge is 0.276 e. The molecule has 27 heavy (non-hydrogen) atoms. The third kappa shape index (κ3) is 3.01. The van der Waals surface area contributed by atoms with Crippen molar-refractivity contribution in [3.63, 3.8) is 0 Å². The molecule has 0 atom stereocenters. The van der Waals surface area contributed by atoms with E-state index in [0.29, 0.717) is 47.9 Å². The molecule has 3 aliphatic rings. The molecule has 3 aliphatic heterocycles. The first-order valence-electron chi connectivity index (χ1n) is 8.43. The Balaban J connectivity index is 1.36. The number of rotatable bonds is 2. The fraction of sp³-hybridized carbons (Fsp3) is 0.158. The molecule has 0 radical (unpaired) electrons. The van der Waals surface area contributed by atoms with E-state index in [-0.39, 0.29) is 12.7 Å². The number of amides is 1. The van der Waals surface area contributed by atoms with Crippen LogP contribution in [0.25, 0.3) is 6.08 Å². The highest BCUT2D eigenvalue weighted by Gasteiger charge is 2.21. The summed E-state index contributed by atoms with van der Waals surface area (Å²) < 4.78 is 21.7. The van der Waals surface area contributed by atoms with Crippen LogP contribution in [0, 0.1) is 0 Å². The quantitative estimate of drug-likeness (QED) is 0.793. The molecule has 0 aromatic heterocycles. The molecule has 5 rings (SSSR count). The number of nitrogens with zero attached hydrogens (tertiary/aromatic N) is 1. The van der Waals surface area contributed by atoms with Crippen molar-refractivity contribution in [3.05, 3.63) is 47.7 Å². The molecule has 0 aliphatic carbocycles. The monoisotopic (exact) mass is 365 g/mol. The summed E-state index contributed by atoms with van der Waals surface area (Å²) in [6, 6.07) is 10.9. The number of anilines is 1. The van der Waals surface area contributed by atoms with Crippen LogP contribution in [0.15, 0.2) is 47.1 Å². The molecule has 3 heterocycles. The van der Waals surface area contributed by atoms with Gasteiger partial charge >= 0.3 is 0 Å². The molecule has 0 saturated carbocycles. The number of fused-ring (bicyclic) bond motifs is 2. The lowest BCUT2D eigenvalue weighted by Crippen LogP contribution is -2.30. The summed E-state index contributed by atoms with van der Waals surface area (Å²) in [6.45, 7) is 1.25. The van der Waals surface area contributed by atoms with Gasteiger partial charge in [0.25, 0.3) is 5.91 Å². The van der Waals surface area contributed by atoms with Gasteiger partial charge in [-0.25, -0.2) is 4.99 Å². The van der Waals surface area contributed by atoms with Crippen molar-refractivity contribution in [1.82, 2.24) is 5.32 Å². The average Bonchev–Trinajstić information content (AvgIpc) is 3.28. The first-order chi connectivity index (χ1) is 13.2. The zero-order chi connectivity index (χ0) is 18.2. The molecular weight excluding hydrogens is 350 g/mol. The zero-order valence-corrected chi connectivity index (χ0v) is 14.2. The van der Waals surface area contributed by atoms with Gasteiger partial charge in [-0.1, -0.05) is 6.07 Å². The van der Waals surface area contributed by atoms with Crippen LogP contribution in [0.4, 0.5) is 5.69 Å². The SMILES string of the molecule is O=C1NC(Nc2ccc3c(c2)OCCO3)=N/C1=C\c1ccc2c(c1)OCO2. The van der Waals surface area contributed by atoms with Gasteiger partial charge in [0.2, 0.25) is 12.8 Å². The highest BCUT2D eigenvalue weighted by molar-refractivity contribution is 6.17. The molecule has 0 fully saturated rings. The van der Waals surface area contributed by atoms with Crippen molar-refractivity contribution in [3.8, 4) is 23.0 Å². The molecule has 136 valence electrons. The summed E-state index contributed by atoms with van der Waals surface area (Å²) in [7, 11) is 0. The number of nitrogens with one attached hydrogen (secondary N) is 2. The van der Waals surface area contributed by atoms with E-state index < -0.39 is 0 Å². The van der Waals surface area contributed by atoms with Gasteiger partial charge in [0, 0.05) is 11.8 Å². The van der Waals surface area contributed by atoms with E-state index >= 15 is 0 Å². The van der Waals surface area contributed by atoms with Gasteiger partial charge in [-0.3, -0.25) is 10.1 Å². The Kier molecular flexibility index (Phi) is 3.60. The Bertz CT molecular complexity index is 999. The van der Waals surface area contributed by atoms with Crippen LogP contribution < -0.4 is 29.6 Å². The molecule has 2 aromatic rings. The van der Waals surface area contributed by atoms with Gasteiger partial charge in [-0.05, 0) is 35.9 Å². The van der Waals surface area contributed by atoms with E-state index in [2.05, 4.69) is 15.6 Å². The largest absolute Gasteiger partial charge is 0.486 e. The molecule has 0 unspecified atom stereocenters. The second-order valence-electron chi connectivity index (χ2n) is 6.04. The van der Waals surface area contributed by atoms with Crippen LogP contribution in [0.1, 0.15) is 5.56 Å². The Labute approximate surface area is 154 Å². The van der Waals surface area contributed by atoms with Crippen molar-refractivity contribution in [2.24, 2.45) is 4.99 Å². The maximum absolute atomic E-state index is 12.2. The van der Waals surface area contributed by atoms with E-state index in [0.717, 1.165) is 11.3 Å². The topological polar surface area (TPSA) is 90.4 Å². The van der Waals surface area contributed by atoms with Crippen LogP contribution >= 0.6 is 0 Å². The number of carbonyl (C=O) groups excluding carboxylic acids is 1. The molecule has 2 aromatic carbocycles. The minimum Gasteiger partial charge on any atom is -0.486 e. The third-order valence-corrected chi connectivity index (χ3v) is 4.20. The highest BCUT2D eigenvalue weighted by atomic mass is 16.7. The summed E-state index contributed by atoms with van der Waals surface area (Å²) in [5.41, 5.74) is 1.84. The van der Waals surface area contributed by atoms with Crippen molar-refractivity contribution < 1.29 is 23.7 Å². The predicted octanol–water partition coefficient (Wildman–Crippen LogP) is 2.13. The fourth-order valence-corrected chi connectivity index (χ4v) is 2.95. The van der Waals surface area contributed by atoms with Crippen molar-refractivity contribution in [1.29, 1.82) is 0 Å². The van der Waals surface area contributed by atoms with Gasteiger partial charge < -0.3 is 24.3 Å². The zero-order valence-electron chi connectivity index (χ0n) is 14.2. The van der Waals surface area contributed by atoms with E-state index in [4.69, 9.17) is 18.9 Å². The molecule has 0 saturated heterocycles. The summed E-state index contributed by atoms with van der Waals surface area (Å²) in [5, 5.41) is 5.78. The summed E-state index contributed by atoms with van der Waals surface area (Å²) in [6.07, 6.45) is 1.69. The van der Waals surface area contributed by atoms with Gasteiger partial charge in [-0.2, -0.15) is 0 Å². The number of hydrogen-bond acceptors (Lipinski definition) is 7. The van der Waals surface area contributed by atoms with E-state index in [1.54, 1.807) is 12.1 Å². The first kappa shape index (κ1) is 15.6. The van der Waals surface area contributed by atoms with E-state index in [1.807, 2.05) is 30.3 Å². The van der Waals surface area contributed by atoms with Crippen LogP contribution in [0.5, 0.6) is 23.0 Å². The second-order valence-corrected chi connectivity index (χ2v) is 6.04. The Morgan fingerprint density at radius 2 is 1.67 bits per heavy atom. The number of ether oxygens (including phenoxy) is 4. The second kappa shape index (κ2) is 6.24. The van der Waals surface area contributed by atoms with E-state index in [9.17, 15) is 4.79 Å². The number of benzene rings is 2. The van der Waals surface area contributed by atoms with Gasteiger partial charge in [0.1, 0.15) is 18.9 Å². The van der Waals surface area contributed by atoms with Crippen LogP contribution in [-0.2, 0) is 4.79 Å². The van der Waals surface area contributed by atoms with Gasteiger partial charge in [0.05, 0.1) is 0 Å². The van der Waals surface area contributed by atoms with Gasteiger partial charge in [0.15, 0.2) is 23.0 Å². The number of guanidine groups is 1. The number of aliphatic imine (C=N–C) groups is 1. The van der Waals surface area contributed by atoms with Crippen LogP contribution in [-0.4, -0.2) is 31.9 Å². The Morgan fingerprint density at radius 3 is 2.59 bits per heavy atom. The van der Waals surface area contributed by atoms with Gasteiger partial charge in [-0.15, -0.1) is 0 Å². The van der Waals surface area contributed by atoms with E-state index in [1.165, 1.54) is 0 Å². The molecular formula is C19H15N3O5. The summed E-state index contributed by atoms with van der Waals surface area (Å²) >= 11 is 0. The van der Waals surface area contributed by atoms with Crippen molar-refractivity contribution >= 4 is 23.6 Å². The fourth-order valence-electron chi connectivity index (χ4n) is 2.95. The molecule has 8 heteroatoms. The summed E-state index contributed by atoms with van der Waals surface area (Å²) in [5.74, 6) is 2.77. The maximum Gasteiger partial charge on any atom is 0.276 e. The Hall–Kier alpha value is -3.68. The molecule has 2 N–H and O–H groups in total. The minimum atomic E-state index is -0.285. The standard InChI is InChI=1S/C19H15N3O5/c23-18-13(7-11-1-3-15-16(8-11)27-10-26-15)21-19(22-18)20-12-2-4-14-17(9-12)25-6-5-24-14/h1-4,7-9H,5-6,10H2,(H2,20,21,22,23)/b13-7-. The first-order valence-corrected chi connectivity index (χ1v) is 8.43. The van der Waals surface area contributed by atoms with Crippen LogP contribution in [0.3, 0.4) is 0 Å². The normalized spacial score (nSPS) is 18.3. The molecule has 0 spiro atoms. The highest BCUT2D eigenvalue weighted by Crippen LogP contribution is 2.34. The van der Waals surface area contributed by atoms with Crippen molar-refractivity contribution in [2.45, 2.75) is 0 Å². The molecule has 8 nitrogen and oxygen atoms in total. The minimum absolute atomic E-state index is 0.206. The summed E-state index contributed by atoms with van der Waals surface area (Å²) in [4.78, 5) is 16.5.